The van der Waals surface area contributed by atoms with Gasteiger partial charge in [-0.1, -0.05) is 0 Å². The quantitative estimate of drug-likeness (QED) is 0.810. The number of nitrogens with one attached hydrogen (secondary N) is 1. The summed E-state index contributed by atoms with van der Waals surface area (Å²) in [5.41, 5.74) is -1.09. The lowest BCUT2D eigenvalue weighted by Crippen LogP contribution is -2.57. The maximum Gasteiger partial charge on any atom is 0.401 e. The molecule has 2 unspecified atom stereocenters. The van der Waals surface area contributed by atoms with Gasteiger partial charge in [0.05, 0.1) is 6.54 Å². The molecule has 0 aromatic heterocycles. The average Bonchev–Trinajstić information content (AvgIpc) is 2.26. The van der Waals surface area contributed by atoms with Crippen LogP contribution < -0.4 is 5.32 Å². The van der Waals surface area contributed by atoms with Crippen LogP contribution in [-0.2, 0) is 4.79 Å². The van der Waals surface area contributed by atoms with Gasteiger partial charge in [-0.3, -0.25) is 9.69 Å². The molecule has 2 N–H and O–H groups in total. The second-order valence-electron chi connectivity index (χ2n) is 4.92. The van der Waals surface area contributed by atoms with E-state index < -0.39 is 24.2 Å². The van der Waals surface area contributed by atoms with Gasteiger partial charge >= 0.3 is 12.1 Å². The Labute approximate surface area is 104 Å². The zero-order chi connectivity index (χ0) is 14.0. The van der Waals surface area contributed by atoms with Crippen molar-refractivity contribution in [3.8, 4) is 0 Å². The molecule has 18 heavy (non-hydrogen) atoms. The minimum atomic E-state index is -4.25. The maximum atomic E-state index is 12.3. The molecule has 0 bridgehead atoms. The lowest BCUT2D eigenvalue weighted by atomic mass is 9.78. The van der Waals surface area contributed by atoms with Crippen molar-refractivity contribution in [3.63, 3.8) is 0 Å². The van der Waals surface area contributed by atoms with E-state index in [-0.39, 0.29) is 12.5 Å². The molecule has 7 heteroatoms. The first-order valence-electron chi connectivity index (χ1n) is 5.89. The van der Waals surface area contributed by atoms with Gasteiger partial charge in [0.25, 0.3) is 0 Å². The molecular weight excluding hydrogens is 249 g/mol. The molecule has 1 aliphatic carbocycles. The van der Waals surface area contributed by atoms with Crippen LogP contribution in [0, 0.1) is 0 Å². The van der Waals surface area contributed by atoms with Crippen LogP contribution in [0.3, 0.4) is 0 Å². The third kappa shape index (κ3) is 3.58. The number of halogens is 3. The third-order valence-electron chi connectivity index (χ3n) is 3.66. The number of carbonyl (C=O) groups is 1. The largest absolute Gasteiger partial charge is 0.480 e. The van der Waals surface area contributed by atoms with Gasteiger partial charge in [0.1, 0.15) is 5.54 Å². The molecule has 1 aliphatic rings. The summed E-state index contributed by atoms with van der Waals surface area (Å²) in [6, 6.07) is -0.357. The van der Waals surface area contributed by atoms with Gasteiger partial charge in [-0.15, -0.1) is 0 Å². The van der Waals surface area contributed by atoms with E-state index in [1.165, 1.54) is 11.9 Å². The molecule has 1 rings (SSSR count). The highest BCUT2D eigenvalue weighted by Crippen LogP contribution is 2.32. The molecule has 0 aromatic carbocycles. The van der Waals surface area contributed by atoms with Crippen LogP contribution in [0.2, 0.25) is 0 Å². The van der Waals surface area contributed by atoms with Crippen molar-refractivity contribution < 1.29 is 23.1 Å². The van der Waals surface area contributed by atoms with Crippen LogP contribution in [0.15, 0.2) is 0 Å². The van der Waals surface area contributed by atoms with Crippen LogP contribution in [0.4, 0.5) is 13.2 Å². The number of alkyl halides is 3. The predicted molar refractivity (Wildman–Crippen MR) is 60.4 cm³/mol. The minimum Gasteiger partial charge on any atom is -0.480 e. The molecule has 0 spiro atoms. The minimum absolute atomic E-state index is 0.200. The number of hydrogen-bond acceptors (Lipinski definition) is 3. The molecule has 4 nitrogen and oxygen atoms in total. The highest BCUT2D eigenvalue weighted by molar-refractivity contribution is 5.79. The number of carboxylic acids is 1. The summed E-state index contributed by atoms with van der Waals surface area (Å²) in [5.74, 6) is -0.991. The fraction of sp³-hybridized carbons (Fsp3) is 0.909. The average molecular weight is 268 g/mol. The molecule has 1 fully saturated rings. The Kier molecular flexibility index (Phi) is 4.61. The number of carboxylic acid groups (broad SMARTS) is 1. The second kappa shape index (κ2) is 5.44. The van der Waals surface area contributed by atoms with Crippen molar-refractivity contribution in [2.75, 3.05) is 20.6 Å². The van der Waals surface area contributed by atoms with Gasteiger partial charge in [-0.25, -0.2) is 0 Å². The van der Waals surface area contributed by atoms with Gasteiger partial charge in [0.15, 0.2) is 0 Å². The summed E-state index contributed by atoms with van der Waals surface area (Å²) in [5, 5.41) is 12.0. The van der Waals surface area contributed by atoms with Crippen LogP contribution in [0.1, 0.15) is 25.7 Å². The highest BCUT2D eigenvalue weighted by atomic mass is 19.4. The Morgan fingerprint density at radius 1 is 1.56 bits per heavy atom. The molecule has 0 aromatic rings. The van der Waals surface area contributed by atoms with Gasteiger partial charge in [-0.2, -0.15) is 13.2 Å². The SMILES string of the molecule is CNC1(C(=O)O)CCCC(N(C)CC(F)(F)F)C1. The van der Waals surface area contributed by atoms with E-state index in [2.05, 4.69) is 5.32 Å². The second-order valence-corrected chi connectivity index (χ2v) is 4.92. The van der Waals surface area contributed by atoms with E-state index in [0.717, 1.165) is 0 Å². The molecule has 0 amide bonds. The molecule has 0 radical (unpaired) electrons. The van der Waals surface area contributed by atoms with Crippen LogP contribution in [-0.4, -0.2) is 54.4 Å². The van der Waals surface area contributed by atoms with E-state index in [4.69, 9.17) is 0 Å². The molecule has 1 saturated carbocycles. The Balaban J connectivity index is 2.71. The first-order valence-corrected chi connectivity index (χ1v) is 5.89. The third-order valence-corrected chi connectivity index (χ3v) is 3.66. The van der Waals surface area contributed by atoms with Gasteiger partial charge in [-0.05, 0) is 39.8 Å². The van der Waals surface area contributed by atoms with Gasteiger partial charge in [0.2, 0.25) is 0 Å². The Morgan fingerprint density at radius 3 is 2.61 bits per heavy atom. The van der Waals surface area contributed by atoms with Gasteiger partial charge < -0.3 is 10.4 Å². The van der Waals surface area contributed by atoms with Crippen LogP contribution in [0.25, 0.3) is 0 Å². The molecular formula is C11H19F3N2O2. The number of likely N-dealkylation sites (N-methyl/N-ethyl adjacent to an activating group) is 1. The van der Waals surface area contributed by atoms with Crippen LogP contribution in [0.5, 0.6) is 0 Å². The van der Waals surface area contributed by atoms with E-state index in [0.29, 0.717) is 19.3 Å². The van der Waals surface area contributed by atoms with E-state index in [9.17, 15) is 23.1 Å². The van der Waals surface area contributed by atoms with Crippen molar-refractivity contribution in [2.45, 2.75) is 43.4 Å². The summed E-state index contributed by atoms with van der Waals surface area (Å²) in [6.45, 7) is -1.00. The Hall–Kier alpha value is -0.820. The normalized spacial score (nSPS) is 29.6. The van der Waals surface area contributed by atoms with Crippen molar-refractivity contribution in [3.05, 3.63) is 0 Å². The number of aliphatic carboxylic acids is 1. The van der Waals surface area contributed by atoms with E-state index in [1.54, 1.807) is 7.05 Å². The summed E-state index contributed by atoms with van der Waals surface area (Å²) >= 11 is 0. The summed E-state index contributed by atoms with van der Waals surface area (Å²) in [6.07, 6.45) is -2.39. The first-order chi connectivity index (χ1) is 8.20. The number of hydrogen-bond donors (Lipinski definition) is 2. The van der Waals surface area contributed by atoms with Crippen molar-refractivity contribution >= 4 is 5.97 Å². The summed E-state index contributed by atoms with van der Waals surface area (Å²) in [4.78, 5) is 12.5. The van der Waals surface area contributed by atoms with E-state index >= 15 is 0 Å². The lowest BCUT2D eigenvalue weighted by molar-refractivity contribution is -0.154. The lowest BCUT2D eigenvalue weighted by Gasteiger charge is -2.41. The molecule has 2 atom stereocenters. The highest BCUT2D eigenvalue weighted by Gasteiger charge is 2.44. The van der Waals surface area contributed by atoms with E-state index in [1.807, 2.05) is 0 Å². The molecule has 0 heterocycles. The van der Waals surface area contributed by atoms with Crippen LogP contribution >= 0.6 is 0 Å². The summed E-state index contributed by atoms with van der Waals surface area (Å²) < 4.78 is 37.0. The predicted octanol–water partition coefficient (Wildman–Crippen LogP) is 1.47. The zero-order valence-corrected chi connectivity index (χ0v) is 10.5. The van der Waals surface area contributed by atoms with Crippen molar-refractivity contribution in [1.82, 2.24) is 10.2 Å². The van der Waals surface area contributed by atoms with Crippen molar-refractivity contribution in [1.29, 1.82) is 0 Å². The zero-order valence-electron chi connectivity index (χ0n) is 10.5. The number of rotatable bonds is 4. The maximum absolute atomic E-state index is 12.3. The molecule has 106 valence electrons. The van der Waals surface area contributed by atoms with Crippen molar-refractivity contribution in [2.24, 2.45) is 0 Å². The smallest absolute Gasteiger partial charge is 0.401 e. The van der Waals surface area contributed by atoms with Gasteiger partial charge in [0, 0.05) is 6.04 Å². The standard InChI is InChI=1S/C11H19F3N2O2/c1-15-10(9(17)18)5-3-4-8(6-10)16(2)7-11(12,13)14/h8,15H,3-7H2,1-2H3,(H,17,18). The Bertz CT molecular complexity index is 309. The summed E-state index contributed by atoms with van der Waals surface area (Å²) in [7, 11) is 2.94. The Morgan fingerprint density at radius 2 is 2.17 bits per heavy atom. The first kappa shape index (κ1) is 15.2. The number of nitrogens with zero attached hydrogens (tertiary/aromatic N) is 1. The fourth-order valence-electron chi connectivity index (χ4n) is 2.56. The topological polar surface area (TPSA) is 52.6 Å². The molecule has 0 aliphatic heterocycles. The molecule has 0 saturated heterocycles. The monoisotopic (exact) mass is 268 g/mol. The fourth-order valence-corrected chi connectivity index (χ4v) is 2.56.